The summed E-state index contributed by atoms with van der Waals surface area (Å²) in [7, 11) is 1.39. The molecule has 1 rings (SSSR count). The number of hydrogen-bond donors (Lipinski definition) is 1. The maximum atomic E-state index is 10.8. The minimum Gasteiger partial charge on any atom is -0.494 e. The molecule has 16 heavy (non-hydrogen) atoms. The number of ether oxygens (including phenoxy) is 2. The molecule has 4 nitrogen and oxygen atoms in total. The van der Waals surface area contributed by atoms with E-state index in [0.717, 1.165) is 5.56 Å². The lowest BCUT2D eigenvalue weighted by Crippen LogP contribution is -2.25. The Morgan fingerprint density at radius 2 is 2.12 bits per heavy atom. The van der Waals surface area contributed by atoms with Gasteiger partial charge in [0.25, 0.3) is 0 Å². The standard InChI is InChI=1S/C12H16O4/c1-3-16-10-7-5-4-6-9(10)8-11(15-2)12(13)14/h4-7,11H,3,8H2,1-2H3,(H,13,14)/t11-/m1/s1. The molecule has 0 amide bonds. The Morgan fingerprint density at radius 1 is 1.44 bits per heavy atom. The molecule has 1 N–H and O–H groups in total. The third-order valence-electron chi connectivity index (χ3n) is 2.24. The molecule has 0 aliphatic carbocycles. The summed E-state index contributed by atoms with van der Waals surface area (Å²) in [5, 5.41) is 8.89. The summed E-state index contributed by atoms with van der Waals surface area (Å²) >= 11 is 0. The van der Waals surface area contributed by atoms with Crippen LogP contribution in [0.1, 0.15) is 12.5 Å². The van der Waals surface area contributed by atoms with Gasteiger partial charge in [-0.2, -0.15) is 0 Å². The first kappa shape index (κ1) is 12.5. The summed E-state index contributed by atoms with van der Waals surface area (Å²) in [6.45, 7) is 2.45. The van der Waals surface area contributed by atoms with Crippen LogP contribution in [0.25, 0.3) is 0 Å². The SMILES string of the molecule is CCOc1ccccc1C[C@@H](OC)C(=O)O. The fourth-order valence-electron chi connectivity index (χ4n) is 1.44. The largest absolute Gasteiger partial charge is 0.494 e. The van der Waals surface area contributed by atoms with Crippen molar-refractivity contribution in [3.63, 3.8) is 0 Å². The van der Waals surface area contributed by atoms with E-state index in [1.54, 1.807) is 0 Å². The molecule has 0 aliphatic rings. The molecule has 4 heteroatoms. The molecule has 0 saturated carbocycles. The van der Waals surface area contributed by atoms with Gasteiger partial charge in [0.05, 0.1) is 6.61 Å². The quantitative estimate of drug-likeness (QED) is 0.799. The zero-order valence-electron chi connectivity index (χ0n) is 9.47. The van der Waals surface area contributed by atoms with Crippen LogP contribution in [0.5, 0.6) is 5.75 Å². The van der Waals surface area contributed by atoms with Gasteiger partial charge in [0, 0.05) is 13.5 Å². The first-order chi connectivity index (χ1) is 7.69. The summed E-state index contributed by atoms with van der Waals surface area (Å²) in [6.07, 6.45) is -0.524. The van der Waals surface area contributed by atoms with Gasteiger partial charge in [0.15, 0.2) is 6.10 Å². The van der Waals surface area contributed by atoms with Gasteiger partial charge in [-0.3, -0.25) is 0 Å². The average Bonchev–Trinajstić information content (AvgIpc) is 2.27. The monoisotopic (exact) mass is 224 g/mol. The average molecular weight is 224 g/mol. The predicted molar refractivity (Wildman–Crippen MR) is 59.7 cm³/mol. The number of aliphatic carboxylic acids is 1. The van der Waals surface area contributed by atoms with Crippen LogP contribution < -0.4 is 4.74 Å². The number of carbonyl (C=O) groups is 1. The van der Waals surface area contributed by atoms with Gasteiger partial charge >= 0.3 is 5.97 Å². The van der Waals surface area contributed by atoms with Gasteiger partial charge in [-0.25, -0.2) is 4.79 Å². The number of methoxy groups -OCH3 is 1. The molecular weight excluding hydrogens is 208 g/mol. The van der Waals surface area contributed by atoms with Gasteiger partial charge in [-0.15, -0.1) is 0 Å². The summed E-state index contributed by atoms with van der Waals surface area (Å²) in [5.74, 6) is -0.248. The van der Waals surface area contributed by atoms with E-state index < -0.39 is 12.1 Å². The minimum absolute atomic E-state index is 0.308. The van der Waals surface area contributed by atoms with Gasteiger partial charge in [-0.1, -0.05) is 18.2 Å². The van der Waals surface area contributed by atoms with E-state index in [2.05, 4.69) is 0 Å². The summed E-state index contributed by atoms with van der Waals surface area (Å²) in [6, 6.07) is 7.39. The summed E-state index contributed by atoms with van der Waals surface area (Å²) in [4.78, 5) is 10.8. The molecule has 0 aliphatic heterocycles. The smallest absolute Gasteiger partial charge is 0.333 e. The lowest BCUT2D eigenvalue weighted by atomic mass is 10.1. The minimum atomic E-state index is -0.964. The van der Waals surface area contributed by atoms with Crippen LogP contribution in [0.2, 0.25) is 0 Å². The van der Waals surface area contributed by atoms with E-state index in [1.165, 1.54) is 7.11 Å². The highest BCUT2D eigenvalue weighted by Gasteiger charge is 2.18. The highest BCUT2D eigenvalue weighted by Crippen LogP contribution is 2.20. The molecule has 0 radical (unpaired) electrons. The Labute approximate surface area is 94.8 Å². The van der Waals surface area contributed by atoms with E-state index in [9.17, 15) is 4.79 Å². The number of carboxylic acid groups (broad SMARTS) is 1. The highest BCUT2D eigenvalue weighted by molar-refractivity contribution is 5.72. The van der Waals surface area contributed by atoms with E-state index >= 15 is 0 Å². The van der Waals surface area contributed by atoms with Crippen LogP contribution in [0.4, 0.5) is 0 Å². The highest BCUT2D eigenvalue weighted by atomic mass is 16.5. The molecular formula is C12H16O4. The maximum Gasteiger partial charge on any atom is 0.333 e. The second-order valence-electron chi connectivity index (χ2n) is 3.31. The molecule has 0 heterocycles. The Morgan fingerprint density at radius 3 is 2.69 bits per heavy atom. The topological polar surface area (TPSA) is 55.8 Å². The third kappa shape index (κ3) is 3.24. The molecule has 0 aromatic heterocycles. The van der Waals surface area contributed by atoms with Crippen molar-refractivity contribution in [2.75, 3.05) is 13.7 Å². The van der Waals surface area contributed by atoms with Crippen molar-refractivity contribution in [1.29, 1.82) is 0 Å². The number of para-hydroxylation sites is 1. The first-order valence-corrected chi connectivity index (χ1v) is 5.15. The number of benzene rings is 1. The molecule has 0 saturated heterocycles. The Kier molecular flexibility index (Phi) is 4.79. The lowest BCUT2D eigenvalue weighted by molar-refractivity contribution is -0.148. The van der Waals surface area contributed by atoms with Gasteiger partial charge in [0.2, 0.25) is 0 Å². The van der Waals surface area contributed by atoms with E-state index in [1.807, 2.05) is 31.2 Å². The van der Waals surface area contributed by atoms with Gasteiger partial charge < -0.3 is 14.6 Å². The lowest BCUT2D eigenvalue weighted by Gasteiger charge is -2.13. The summed E-state index contributed by atoms with van der Waals surface area (Å²) in [5.41, 5.74) is 0.846. The van der Waals surface area contributed by atoms with E-state index in [0.29, 0.717) is 18.8 Å². The maximum absolute atomic E-state index is 10.8. The van der Waals surface area contributed by atoms with Crippen LogP contribution in [-0.4, -0.2) is 30.9 Å². The molecule has 88 valence electrons. The Bertz CT molecular complexity index is 349. The van der Waals surface area contributed by atoms with Crippen molar-refractivity contribution in [2.24, 2.45) is 0 Å². The van der Waals surface area contributed by atoms with Gasteiger partial charge in [0.1, 0.15) is 5.75 Å². The first-order valence-electron chi connectivity index (χ1n) is 5.15. The van der Waals surface area contributed by atoms with Crippen molar-refractivity contribution in [3.8, 4) is 5.75 Å². The second-order valence-corrected chi connectivity index (χ2v) is 3.31. The Hall–Kier alpha value is -1.55. The number of hydrogen-bond acceptors (Lipinski definition) is 3. The van der Waals surface area contributed by atoms with Crippen molar-refractivity contribution in [3.05, 3.63) is 29.8 Å². The molecule has 1 aromatic carbocycles. The van der Waals surface area contributed by atoms with Crippen LogP contribution in [0.15, 0.2) is 24.3 Å². The van der Waals surface area contributed by atoms with Crippen LogP contribution in [0.3, 0.4) is 0 Å². The van der Waals surface area contributed by atoms with Crippen LogP contribution in [-0.2, 0) is 16.0 Å². The zero-order valence-corrected chi connectivity index (χ0v) is 9.47. The van der Waals surface area contributed by atoms with Crippen molar-refractivity contribution in [2.45, 2.75) is 19.4 Å². The van der Waals surface area contributed by atoms with Gasteiger partial charge in [-0.05, 0) is 18.6 Å². The van der Waals surface area contributed by atoms with E-state index in [4.69, 9.17) is 14.6 Å². The fourth-order valence-corrected chi connectivity index (χ4v) is 1.44. The molecule has 0 bridgehead atoms. The molecule has 1 atom stereocenters. The zero-order chi connectivity index (χ0) is 12.0. The third-order valence-corrected chi connectivity index (χ3v) is 2.24. The van der Waals surface area contributed by atoms with Crippen molar-refractivity contribution >= 4 is 5.97 Å². The predicted octanol–water partition coefficient (Wildman–Crippen LogP) is 1.73. The fraction of sp³-hybridized carbons (Fsp3) is 0.417. The normalized spacial score (nSPS) is 12.1. The molecule has 1 aromatic rings. The second kappa shape index (κ2) is 6.12. The molecule has 0 fully saturated rings. The van der Waals surface area contributed by atoms with Crippen molar-refractivity contribution < 1.29 is 19.4 Å². The number of carboxylic acids is 1. The molecule has 0 spiro atoms. The number of rotatable bonds is 6. The van der Waals surface area contributed by atoms with Crippen molar-refractivity contribution in [1.82, 2.24) is 0 Å². The Balaban J connectivity index is 2.82. The molecule has 0 unspecified atom stereocenters. The summed E-state index contributed by atoms with van der Waals surface area (Å²) < 4.78 is 10.3. The van der Waals surface area contributed by atoms with E-state index in [-0.39, 0.29) is 0 Å². The van der Waals surface area contributed by atoms with Crippen LogP contribution >= 0.6 is 0 Å². The van der Waals surface area contributed by atoms with Crippen LogP contribution in [0, 0.1) is 0 Å².